The number of allylic oxidation sites excluding steroid dienone is 1. The maximum absolute atomic E-state index is 12.4. The van der Waals surface area contributed by atoms with Crippen LogP contribution in [0.5, 0.6) is 0 Å². The van der Waals surface area contributed by atoms with Gasteiger partial charge in [0.05, 0.1) is 10.5 Å². The molecule has 0 saturated carbocycles. The number of nitrogens with one attached hydrogen (secondary N) is 1. The maximum Gasteiger partial charge on any atom is 0.416 e. The summed E-state index contributed by atoms with van der Waals surface area (Å²) in [6, 6.07) is 2.87. The van der Waals surface area contributed by atoms with E-state index in [4.69, 9.17) is 0 Å². The molecule has 0 spiro atoms. The average Bonchev–Trinajstić information content (AvgIpc) is 2.36. The number of rotatable bonds is 3. The van der Waals surface area contributed by atoms with Crippen molar-refractivity contribution in [1.82, 2.24) is 4.72 Å². The summed E-state index contributed by atoms with van der Waals surface area (Å²) in [4.78, 5) is 11.0. The molecule has 0 unspecified atom stereocenters. The summed E-state index contributed by atoms with van der Waals surface area (Å²) in [5.74, 6) is -0.826. The highest BCUT2D eigenvalue weighted by molar-refractivity contribution is 7.90. The van der Waals surface area contributed by atoms with Crippen molar-refractivity contribution < 1.29 is 26.4 Å². The van der Waals surface area contributed by atoms with Crippen molar-refractivity contribution in [2.75, 3.05) is 0 Å². The molecule has 1 aromatic carbocycles. The third kappa shape index (κ3) is 3.83. The molecule has 0 aliphatic carbocycles. The summed E-state index contributed by atoms with van der Waals surface area (Å²) in [6.07, 6.45) is -3.13. The highest BCUT2D eigenvalue weighted by atomic mass is 32.2. The van der Waals surface area contributed by atoms with Gasteiger partial charge in [-0.2, -0.15) is 13.2 Å². The molecule has 0 bridgehead atoms. The minimum absolute atomic E-state index is 0.181. The maximum atomic E-state index is 12.4. The van der Waals surface area contributed by atoms with E-state index < -0.39 is 32.6 Å². The normalized spacial score (nSPS) is 13.2. The predicted octanol–water partition coefficient (Wildman–Crippen LogP) is 2.48. The van der Waals surface area contributed by atoms with Gasteiger partial charge in [0.25, 0.3) is 15.9 Å². The van der Waals surface area contributed by atoms with Crippen LogP contribution in [0.4, 0.5) is 13.2 Å². The first-order valence-corrected chi connectivity index (χ1v) is 6.93. The second-order valence-electron chi connectivity index (χ2n) is 3.93. The van der Waals surface area contributed by atoms with Crippen molar-refractivity contribution in [2.45, 2.75) is 24.9 Å². The Balaban J connectivity index is 3.03. The number of sulfonamides is 1. The Morgan fingerprint density at radius 1 is 1.20 bits per heavy atom. The van der Waals surface area contributed by atoms with Gasteiger partial charge in [0.1, 0.15) is 0 Å². The van der Waals surface area contributed by atoms with Gasteiger partial charge in [0.2, 0.25) is 0 Å². The second kappa shape index (κ2) is 5.66. The number of alkyl halides is 3. The molecular formula is C12H12F3NO3S. The zero-order valence-corrected chi connectivity index (χ0v) is 11.5. The summed E-state index contributed by atoms with van der Waals surface area (Å²) < 4.78 is 62.4. The van der Waals surface area contributed by atoms with E-state index in [0.29, 0.717) is 12.1 Å². The van der Waals surface area contributed by atoms with Crippen molar-refractivity contribution in [3.05, 3.63) is 41.5 Å². The van der Waals surface area contributed by atoms with Crippen LogP contribution in [0.3, 0.4) is 0 Å². The number of halogens is 3. The molecule has 1 N–H and O–H groups in total. The lowest BCUT2D eigenvalue weighted by atomic mass is 10.2. The van der Waals surface area contributed by atoms with E-state index in [0.717, 1.165) is 12.1 Å². The molecule has 0 saturated heterocycles. The lowest BCUT2D eigenvalue weighted by Gasteiger charge is -2.09. The Bertz CT molecular complexity index is 631. The smallest absolute Gasteiger partial charge is 0.269 e. The minimum atomic E-state index is -4.55. The SMILES string of the molecule is C/C=C(/C)C(=O)NS(=O)(=O)c1ccc(C(F)(F)F)cc1. The van der Waals surface area contributed by atoms with Crippen LogP contribution in [0.15, 0.2) is 40.8 Å². The van der Waals surface area contributed by atoms with Crippen molar-refractivity contribution in [1.29, 1.82) is 0 Å². The Kier molecular flexibility index (Phi) is 4.59. The molecule has 0 aliphatic rings. The molecule has 8 heteroatoms. The molecule has 0 radical (unpaired) electrons. The van der Waals surface area contributed by atoms with Gasteiger partial charge in [-0.1, -0.05) is 6.08 Å². The molecule has 110 valence electrons. The first-order chi connectivity index (χ1) is 9.08. The number of hydrogen-bond acceptors (Lipinski definition) is 3. The van der Waals surface area contributed by atoms with Gasteiger partial charge in [-0.05, 0) is 38.1 Å². The highest BCUT2D eigenvalue weighted by Gasteiger charge is 2.30. The number of carbonyl (C=O) groups is 1. The van der Waals surface area contributed by atoms with Gasteiger partial charge < -0.3 is 0 Å². The summed E-state index contributed by atoms with van der Waals surface area (Å²) in [6.45, 7) is 2.97. The average molecular weight is 307 g/mol. The molecule has 0 aromatic heterocycles. The molecule has 0 fully saturated rings. The molecule has 0 heterocycles. The van der Waals surface area contributed by atoms with Crippen LogP contribution in [-0.4, -0.2) is 14.3 Å². The lowest BCUT2D eigenvalue weighted by molar-refractivity contribution is -0.137. The van der Waals surface area contributed by atoms with Crippen molar-refractivity contribution >= 4 is 15.9 Å². The molecule has 0 atom stereocenters. The first kappa shape index (κ1) is 16.2. The Morgan fingerprint density at radius 3 is 2.10 bits per heavy atom. The standard InChI is InChI=1S/C12H12F3NO3S/c1-3-8(2)11(17)16-20(18,19)10-6-4-9(5-7-10)12(13,14)15/h3-7H,1-2H3,(H,16,17)/b8-3-. The fourth-order valence-electron chi connectivity index (χ4n) is 1.22. The fraction of sp³-hybridized carbons (Fsp3) is 0.250. The van der Waals surface area contributed by atoms with E-state index in [1.165, 1.54) is 13.0 Å². The number of amides is 1. The second-order valence-corrected chi connectivity index (χ2v) is 5.61. The Labute approximate surface area is 114 Å². The zero-order chi connectivity index (χ0) is 15.6. The van der Waals surface area contributed by atoms with Crippen LogP contribution in [0.1, 0.15) is 19.4 Å². The summed E-state index contributed by atoms with van der Waals surface area (Å²) in [5.41, 5.74) is -0.784. The largest absolute Gasteiger partial charge is 0.416 e. The Morgan fingerprint density at radius 2 is 1.70 bits per heavy atom. The minimum Gasteiger partial charge on any atom is -0.269 e. The van der Waals surface area contributed by atoms with Gasteiger partial charge in [-0.3, -0.25) is 4.79 Å². The molecule has 0 aliphatic heterocycles. The Hall–Kier alpha value is -1.83. The molecule has 4 nitrogen and oxygen atoms in total. The third-order valence-electron chi connectivity index (χ3n) is 2.51. The van der Waals surface area contributed by atoms with Gasteiger partial charge in [0, 0.05) is 5.57 Å². The van der Waals surface area contributed by atoms with Crippen molar-refractivity contribution in [2.24, 2.45) is 0 Å². The summed E-state index contributed by atoms with van der Waals surface area (Å²) in [5, 5.41) is 0. The van der Waals surface area contributed by atoms with Gasteiger partial charge in [-0.15, -0.1) is 0 Å². The van der Waals surface area contributed by atoms with Crippen LogP contribution in [-0.2, 0) is 21.0 Å². The van der Waals surface area contributed by atoms with E-state index in [-0.39, 0.29) is 5.57 Å². The summed E-state index contributed by atoms with van der Waals surface area (Å²) >= 11 is 0. The van der Waals surface area contributed by atoms with Gasteiger partial charge in [-0.25, -0.2) is 13.1 Å². The van der Waals surface area contributed by atoms with Crippen LogP contribution < -0.4 is 4.72 Å². The van der Waals surface area contributed by atoms with Gasteiger partial charge >= 0.3 is 6.18 Å². The number of carbonyl (C=O) groups excluding carboxylic acids is 1. The topological polar surface area (TPSA) is 63.2 Å². The first-order valence-electron chi connectivity index (χ1n) is 5.45. The quantitative estimate of drug-likeness (QED) is 0.873. The molecule has 1 aromatic rings. The number of benzene rings is 1. The van der Waals surface area contributed by atoms with E-state index >= 15 is 0 Å². The van der Waals surface area contributed by atoms with E-state index in [9.17, 15) is 26.4 Å². The van der Waals surface area contributed by atoms with E-state index in [1.807, 2.05) is 0 Å². The predicted molar refractivity (Wildman–Crippen MR) is 66.2 cm³/mol. The lowest BCUT2D eigenvalue weighted by Crippen LogP contribution is -2.31. The van der Waals surface area contributed by atoms with Crippen molar-refractivity contribution in [3.63, 3.8) is 0 Å². The zero-order valence-electron chi connectivity index (χ0n) is 10.7. The highest BCUT2D eigenvalue weighted by Crippen LogP contribution is 2.29. The van der Waals surface area contributed by atoms with Crippen LogP contribution in [0.25, 0.3) is 0 Å². The fourth-order valence-corrected chi connectivity index (χ4v) is 2.23. The van der Waals surface area contributed by atoms with E-state index in [2.05, 4.69) is 0 Å². The molecule has 1 rings (SSSR count). The van der Waals surface area contributed by atoms with Crippen molar-refractivity contribution in [3.8, 4) is 0 Å². The van der Waals surface area contributed by atoms with Crippen LogP contribution in [0, 0.1) is 0 Å². The van der Waals surface area contributed by atoms with Crippen LogP contribution in [0.2, 0.25) is 0 Å². The van der Waals surface area contributed by atoms with Crippen LogP contribution >= 0.6 is 0 Å². The number of hydrogen-bond donors (Lipinski definition) is 1. The van der Waals surface area contributed by atoms with Gasteiger partial charge in [0.15, 0.2) is 0 Å². The third-order valence-corrected chi connectivity index (χ3v) is 3.86. The molecular weight excluding hydrogens is 295 g/mol. The molecule has 20 heavy (non-hydrogen) atoms. The molecule has 1 amide bonds. The summed E-state index contributed by atoms with van der Waals surface area (Å²) in [7, 11) is -4.18. The monoisotopic (exact) mass is 307 g/mol. The van der Waals surface area contributed by atoms with E-state index in [1.54, 1.807) is 11.6 Å².